The molecule has 21 heavy (non-hydrogen) atoms. The van der Waals surface area contributed by atoms with E-state index in [-0.39, 0.29) is 0 Å². The molecule has 0 spiro atoms. The van der Waals surface area contributed by atoms with Gasteiger partial charge in [-0.1, -0.05) is 44.9 Å². The Labute approximate surface area is 129 Å². The SMILES string of the molecule is CC(C)CC1(CNCC2Cc3ccccc3O2)CCCC1. The topological polar surface area (TPSA) is 21.3 Å². The van der Waals surface area contributed by atoms with Crippen molar-refractivity contribution in [2.24, 2.45) is 11.3 Å². The van der Waals surface area contributed by atoms with Crippen molar-refractivity contribution in [2.45, 2.75) is 58.5 Å². The van der Waals surface area contributed by atoms with Gasteiger partial charge in [0.1, 0.15) is 11.9 Å². The average Bonchev–Trinajstić information content (AvgIpc) is 3.04. The molecular formula is C19H29NO. The molecule has 1 fully saturated rings. The Bertz CT molecular complexity index is 437. The zero-order valence-electron chi connectivity index (χ0n) is 13.5. The van der Waals surface area contributed by atoms with Gasteiger partial charge in [-0.15, -0.1) is 0 Å². The third kappa shape index (κ3) is 3.60. The van der Waals surface area contributed by atoms with Crippen LogP contribution in [0.15, 0.2) is 24.3 Å². The summed E-state index contributed by atoms with van der Waals surface area (Å²) < 4.78 is 6.02. The van der Waals surface area contributed by atoms with Crippen LogP contribution in [0.1, 0.15) is 51.5 Å². The molecule has 0 aromatic heterocycles. The van der Waals surface area contributed by atoms with Gasteiger partial charge in [0.15, 0.2) is 0 Å². The molecule has 1 saturated carbocycles. The predicted octanol–water partition coefficient (Wildman–Crippen LogP) is 4.19. The van der Waals surface area contributed by atoms with Crippen molar-refractivity contribution in [1.29, 1.82) is 0 Å². The molecule has 1 unspecified atom stereocenters. The van der Waals surface area contributed by atoms with Crippen LogP contribution in [0.25, 0.3) is 0 Å². The fourth-order valence-corrected chi connectivity index (χ4v) is 4.31. The van der Waals surface area contributed by atoms with Gasteiger partial charge in [-0.3, -0.25) is 0 Å². The van der Waals surface area contributed by atoms with Gasteiger partial charge in [-0.25, -0.2) is 0 Å². The molecule has 1 aromatic rings. The molecule has 3 rings (SSSR count). The molecule has 0 radical (unpaired) electrons. The smallest absolute Gasteiger partial charge is 0.123 e. The Kier molecular flexibility index (Phi) is 4.54. The van der Waals surface area contributed by atoms with Crippen LogP contribution in [0.2, 0.25) is 0 Å². The van der Waals surface area contributed by atoms with Crippen LogP contribution in [-0.4, -0.2) is 19.2 Å². The van der Waals surface area contributed by atoms with Crippen LogP contribution in [0, 0.1) is 11.3 Å². The summed E-state index contributed by atoms with van der Waals surface area (Å²) in [4.78, 5) is 0. The van der Waals surface area contributed by atoms with Crippen molar-refractivity contribution < 1.29 is 4.74 Å². The third-order valence-corrected chi connectivity index (χ3v) is 5.09. The molecule has 2 heteroatoms. The summed E-state index contributed by atoms with van der Waals surface area (Å²) in [6, 6.07) is 8.44. The van der Waals surface area contributed by atoms with E-state index in [9.17, 15) is 0 Å². The maximum absolute atomic E-state index is 6.02. The lowest BCUT2D eigenvalue weighted by Gasteiger charge is -2.31. The highest BCUT2D eigenvalue weighted by atomic mass is 16.5. The van der Waals surface area contributed by atoms with Gasteiger partial charge in [0.2, 0.25) is 0 Å². The minimum Gasteiger partial charge on any atom is -0.488 e. The maximum Gasteiger partial charge on any atom is 0.123 e. The van der Waals surface area contributed by atoms with Crippen molar-refractivity contribution in [3.05, 3.63) is 29.8 Å². The van der Waals surface area contributed by atoms with E-state index in [1.807, 2.05) is 0 Å². The lowest BCUT2D eigenvalue weighted by Crippen LogP contribution is -2.38. The summed E-state index contributed by atoms with van der Waals surface area (Å²) >= 11 is 0. The van der Waals surface area contributed by atoms with Crippen molar-refractivity contribution in [3.8, 4) is 5.75 Å². The number of para-hydroxylation sites is 1. The average molecular weight is 287 g/mol. The first-order valence-electron chi connectivity index (χ1n) is 8.62. The summed E-state index contributed by atoms with van der Waals surface area (Å²) in [5.74, 6) is 1.89. The van der Waals surface area contributed by atoms with Gasteiger partial charge in [0, 0.05) is 19.5 Å². The second-order valence-electron chi connectivity index (χ2n) is 7.49. The number of hydrogen-bond acceptors (Lipinski definition) is 2. The number of ether oxygens (including phenoxy) is 1. The monoisotopic (exact) mass is 287 g/mol. The number of hydrogen-bond donors (Lipinski definition) is 1. The fourth-order valence-electron chi connectivity index (χ4n) is 4.31. The van der Waals surface area contributed by atoms with Crippen molar-refractivity contribution in [2.75, 3.05) is 13.1 Å². The normalized spacial score (nSPS) is 23.3. The van der Waals surface area contributed by atoms with Gasteiger partial charge in [0.05, 0.1) is 0 Å². The molecule has 1 aromatic carbocycles. The highest BCUT2D eigenvalue weighted by Gasteiger charge is 2.34. The van der Waals surface area contributed by atoms with E-state index in [1.54, 1.807) is 0 Å². The van der Waals surface area contributed by atoms with Gasteiger partial charge in [-0.05, 0) is 42.2 Å². The predicted molar refractivity (Wildman–Crippen MR) is 87.8 cm³/mol. The first-order valence-corrected chi connectivity index (χ1v) is 8.62. The molecule has 1 N–H and O–H groups in total. The molecule has 0 amide bonds. The lowest BCUT2D eigenvalue weighted by molar-refractivity contribution is 0.192. The molecule has 1 atom stereocenters. The number of rotatable bonds is 6. The van der Waals surface area contributed by atoms with Crippen LogP contribution in [0.5, 0.6) is 5.75 Å². The molecule has 2 aliphatic rings. The molecular weight excluding hydrogens is 258 g/mol. The third-order valence-electron chi connectivity index (χ3n) is 5.09. The first-order chi connectivity index (χ1) is 10.2. The van der Waals surface area contributed by atoms with Gasteiger partial charge >= 0.3 is 0 Å². The van der Waals surface area contributed by atoms with E-state index in [2.05, 4.69) is 43.4 Å². The molecule has 116 valence electrons. The quantitative estimate of drug-likeness (QED) is 0.847. The van der Waals surface area contributed by atoms with E-state index < -0.39 is 0 Å². The van der Waals surface area contributed by atoms with Gasteiger partial charge < -0.3 is 10.1 Å². The summed E-state index contributed by atoms with van der Waals surface area (Å²) in [5, 5.41) is 3.73. The zero-order chi connectivity index (χ0) is 14.7. The van der Waals surface area contributed by atoms with Crippen LogP contribution >= 0.6 is 0 Å². The summed E-state index contributed by atoms with van der Waals surface area (Å²) in [6.45, 7) is 6.86. The van der Waals surface area contributed by atoms with Gasteiger partial charge in [0.25, 0.3) is 0 Å². The Balaban J connectivity index is 1.48. The van der Waals surface area contributed by atoms with E-state index in [0.29, 0.717) is 11.5 Å². The molecule has 1 heterocycles. The molecule has 0 bridgehead atoms. The summed E-state index contributed by atoms with van der Waals surface area (Å²) in [6.07, 6.45) is 8.39. The highest BCUT2D eigenvalue weighted by Crippen LogP contribution is 2.42. The Morgan fingerprint density at radius 3 is 2.71 bits per heavy atom. The molecule has 1 aliphatic carbocycles. The second-order valence-corrected chi connectivity index (χ2v) is 7.49. The number of nitrogens with one attached hydrogen (secondary N) is 1. The van der Waals surface area contributed by atoms with Crippen LogP contribution < -0.4 is 10.1 Å². The maximum atomic E-state index is 6.02. The van der Waals surface area contributed by atoms with Crippen LogP contribution in [0.3, 0.4) is 0 Å². The van der Waals surface area contributed by atoms with Crippen molar-refractivity contribution >= 4 is 0 Å². The molecule has 0 saturated heterocycles. The largest absolute Gasteiger partial charge is 0.488 e. The van der Waals surface area contributed by atoms with E-state index in [1.165, 1.54) is 44.2 Å². The first kappa shape index (κ1) is 14.9. The highest BCUT2D eigenvalue weighted by molar-refractivity contribution is 5.37. The number of fused-ring (bicyclic) bond motifs is 1. The minimum absolute atomic E-state index is 0.319. The summed E-state index contributed by atoms with van der Waals surface area (Å²) in [7, 11) is 0. The Morgan fingerprint density at radius 2 is 2.00 bits per heavy atom. The van der Waals surface area contributed by atoms with E-state index in [0.717, 1.165) is 24.6 Å². The standard InChI is InChI=1S/C19H29NO/c1-15(2)12-19(9-5-6-10-19)14-20-13-17-11-16-7-3-4-8-18(16)21-17/h3-4,7-8,15,17,20H,5-6,9-14H2,1-2H3. The Morgan fingerprint density at radius 1 is 1.24 bits per heavy atom. The lowest BCUT2D eigenvalue weighted by atomic mass is 9.78. The van der Waals surface area contributed by atoms with E-state index >= 15 is 0 Å². The number of benzene rings is 1. The second kappa shape index (κ2) is 6.39. The Hall–Kier alpha value is -1.02. The minimum atomic E-state index is 0.319. The molecule has 1 aliphatic heterocycles. The molecule has 2 nitrogen and oxygen atoms in total. The zero-order valence-corrected chi connectivity index (χ0v) is 13.5. The van der Waals surface area contributed by atoms with Crippen LogP contribution in [0.4, 0.5) is 0 Å². The van der Waals surface area contributed by atoms with E-state index in [4.69, 9.17) is 4.74 Å². The van der Waals surface area contributed by atoms with Crippen molar-refractivity contribution in [3.63, 3.8) is 0 Å². The fraction of sp³-hybridized carbons (Fsp3) is 0.684. The summed E-state index contributed by atoms with van der Waals surface area (Å²) in [5.41, 5.74) is 1.92. The van der Waals surface area contributed by atoms with Gasteiger partial charge in [-0.2, -0.15) is 0 Å². The van der Waals surface area contributed by atoms with Crippen LogP contribution in [-0.2, 0) is 6.42 Å². The van der Waals surface area contributed by atoms with Crippen molar-refractivity contribution in [1.82, 2.24) is 5.32 Å².